The van der Waals surface area contributed by atoms with Crippen molar-refractivity contribution in [2.75, 3.05) is 11.9 Å². The van der Waals surface area contributed by atoms with E-state index in [-0.39, 0.29) is 22.2 Å². The molecule has 1 aliphatic heterocycles. The van der Waals surface area contributed by atoms with E-state index >= 15 is 0 Å². The van der Waals surface area contributed by atoms with E-state index in [0.29, 0.717) is 6.04 Å². The van der Waals surface area contributed by atoms with Crippen molar-refractivity contribution in [3.8, 4) is 0 Å². The largest absolute Gasteiger partial charge is 0.381 e. The highest BCUT2D eigenvalue weighted by atomic mass is 32.2. The van der Waals surface area contributed by atoms with Crippen LogP contribution in [0.5, 0.6) is 0 Å². The SMILES string of the molecule is Cc1ccc(S(=O)(=O)N/N=C/c2cc3c(cc2[N+](=O)[O-])NC(CNC(C)C)CC3)cc1. The first-order valence-electron chi connectivity index (χ1n) is 10.1. The van der Waals surface area contributed by atoms with Crippen LogP contribution in [0.3, 0.4) is 0 Å². The highest BCUT2D eigenvalue weighted by Crippen LogP contribution is 2.31. The Kier molecular flexibility index (Phi) is 6.91. The molecular weight excluding hydrogens is 418 g/mol. The summed E-state index contributed by atoms with van der Waals surface area (Å²) >= 11 is 0. The fraction of sp³-hybridized carbons (Fsp3) is 0.381. The number of hydrogen-bond acceptors (Lipinski definition) is 7. The van der Waals surface area contributed by atoms with Crippen LogP contribution < -0.4 is 15.5 Å². The molecule has 10 heteroatoms. The second kappa shape index (κ2) is 9.44. The predicted octanol–water partition coefficient (Wildman–Crippen LogP) is 2.94. The van der Waals surface area contributed by atoms with Crippen LogP contribution in [0.2, 0.25) is 0 Å². The molecule has 0 amide bonds. The summed E-state index contributed by atoms with van der Waals surface area (Å²) in [5.74, 6) is 0. The second-order valence-corrected chi connectivity index (χ2v) is 9.59. The number of rotatable bonds is 8. The standard InChI is InChI=1S/C21H27N5O4S/c1-14(2)22-13-18-7-6-16-10-17(21(26(27)28)11-20(16)24-18)12-23-25-31(29,30)19-8-4-15(3)5-9-19/h4-5,8-12,14,18,22,24-25H,6-7,13H2,1-3H3/b23-12+. The Bertz CT molecular complexity index is 1080. The first-order chi connectivity index (χ1) is 14.7. The third kappa shape index (κ3) is 5.80. The van der Waals surface area contributed by atoms with Crippen LogP contribution in [-0.4, -0.2) is 38.2 Å². The second-order valence-electron chi connectivity index (χ2n) is 7.93. The molecular formula is C21H27N5O4S. The van der Waals surface area contributed by atoms with Gasteiger partial charge in [-0.25, -0.2) is 4.83 Å². The van der Waals surface area contributed by atoms with E-state index < -0.39 is 14.9 Å². The zero-order valence-electron chi connectivity index (χ0n) is 17.8. The molecule has 2 aromatic carbocycles. The summed E-state index contributed by atoms with van der Waals surface area (Å²) in [5, 5.41) is 22.1. The van der Waals surface area contributed by atoms with Gasteiger partial charge in [-0.3, -0.25) is 10.1 Å². The summed E-state index contributed by atoms with van der Waals surface area (Å²) in [7, 11) is -3.86. The third-order valence-corrected chi connectivity index (χ3v) is 6.29. The van der Waals surface area contributed by atoms with Crippen molar-refractivity contribution in [1.82, 2.24) is 10.1 Å². The van der Waals surface area contributed by atoms with E-state index in [1.54, 1.807) is 18.2 Å². The summed E-state index contributed by atoms with van der Waals surface area (Å²) in [6, 6.07) is 10.1. The average molecular weight is 446 g/mol. The van der Waals surface area contributed by atoms with Crippen LogP contribution in [0.1, 0.15) is 37.0 Å². The summed E-state index contributed by atoms with van der Waals surface area (Å²) in [6.07, 6.45) is 2.83. The highest BCUT2D eigenvalue weighted by Gasteiger charge is 2.23. The summed E-state index contributed by atoms with van der Waals surface area (Å²) in [6.45, 7) is 6.77. The van der Waals surface area contributed by atoms with Crippen molar-refractivity contribution >= 4 is 27.6 Å². The molecule has 31 heavy (non-hydrogen) atoms. The van der Waals surface area contributed by atoms with Gasteiger partial charge in [-0.05, 0) is 43.5 Å². The fourth-order valence-corrected chi connectivity index (χ4v) is 4.13. The quantitative estimate of drug-likeness (QED) is 0.326. The maximum atomic E-state index is 12.4. The highest BCUT2D eigenvalue weighted by molar-refractivity contribution is 7.89. The number of nitrogens with zero attached hydrogens (tertiary/aromatic N) is 2. The van der Waals surface area contributed by atoms with Gasteiger partial charge in [-0.2, -0.15) is 13.5 Å². The van der Waals surface area contributed by atoms with Gasteiger partial charge in [0.15, 0.2) is 0 Å². The number of aryl methyl sites for hydroxylation is 2. The Morgan fingerprint density at radius 2 is 2.00 bits per heavy atom. The Balaban J connectivity index is 1.78. The van der Waals surface area contributed by atoms with Crippen LogP contribution in [0.15, 0.2) is 46.4 Å². The minimum atomic E-state index is -3.86. The van der Waals surface area contributed by atoms with Crippen LogP contribution in [0.4, 0.5) is 11.4 Å². The van der Waals surface area contributed by atoms with Gasteiger partial charge in [-0.15, -0.1) is 0 Å². The minimum Gasteiger partial charge on any atom is -0.381 e. The molecule has 0 radical (unpaired) electrons. The number of sulfonamides is 1. The topological polar surface area (TPSA) is 126 Å². The van der Waals surface area contributed by atoms with Crippen LogP contribution in [0, 0.1) is 17.0 Å². The van der Waals surface area contributed by atoms with Gasteiger partial charge < -0.3 is 10.6 Å². The van der Waals surface area contributed by atoms with Gasteiger partial charge in [0.25, 0.3) is 15.7 Å². The summed E-state index contributed by atoms with van der Waals surface area (Å²) in [5.41, 5.74) is 2.71. The number of nitrogens with one attached hydrogen (secondary N) is 3. The van der Waals surface area contributed by atoms with E-state index in [4.69, 9.17) is 0 Å². The molecule has 1 unspecified atom stereocenters. The van der Waals surface area contributed by atoms with Crippen LogP contribution in [-0.2, 0) is 16.4 Å². The Labute approximate surface area is 182 Å². The number of hydrogen-bond donors (Lipinski definition) is 3. The molecule has 2 aromatic rings. The zero-order valence-corrected chi connectivity index (χ0v) is 18.6. The molecule has 0 spiro atoms. The van der Waals surface area contributed by atoms with Crippen molar-refractivity contribution in [3.05, 3.63) is 63.2 Å². The molecule has 9 nitrogen and oxygen atoms in total. The van der Waals surface area contributed by atoms with Crippen molar-refractivity contribution in [2.24, 2.45) is 5.10 Å². The van der Waals surface area contributed by atoms with Gasteiger partial charge in [0.2, 0.25) is 0 Å². The number of nitro benzene ring substituents is 1. The minimum absolute atomic E-state index is 0.0699. The van der Waals surface area contributed by atoms with Gasteiger partial charge in [0.05, 0.1) is 21.6 Å². The third-order valence-electron chi connectivity index (χ3n) is 5.05. The molecule has 1 atom stereocenters. The molecule has 166 valence electrons. The Hall–Kier alpha value is -2.98. The number of fused-ring (bicyclic) bond motifs is 1. The molecule has 0 saturated heterocycles. The molecule has 0 aromatic heterocycles. The molecule has 3 rings (SSSR count). The average Bonchev–Trinajstić information content (AvgIpc) is 2.71. The normalized spacial score (nSPS) is 16.2. The fourth-order valence-electron chi connectivity index (χ4n) is 3.34. The van der Waals surface area contributed by atoms with Crippen molar-refractivity contribution in [1.29, 1.82) is 0 Å². The van der Waals surface area contributed by atoms with E-state index in [1.807, 2.05) is 6.92 Å². The number of nitro groups is 1. The molecule has 3 N–H and O–H groups in total. The number of anilines is 1. The Morgan fingerprint density at radius 3 is 2.65 bits per heavy atom. The smallest absolute Gasteiger partial charge is 0.280 e. The van der Waals surface area contributed by atoms with E-state index in [1.165, 1.54) is 24.4 Å². The van der Waals surface area contributed by atoms with E-state index in [2.05, 4.69) is 34.4 Å². The van der Waals surface area contributed by atoms with Gasteiger partial charge in [0.1, 0.15) is 0 Å². The lowest BCUT2D eigenvalue weighted by Gasteiger charge is -2.28. The maximum Gasteiger partial charge on any atom is 0.280 e. The van der Waals surface area contributed by atoms with Crippen molar-refractivity contribution in [3.63, 3.8) is 0 Å². The predicted molar refractivity (Wildman–Crippen MR) is 121 cm³/mol. The van der Waals surface area contributed by atoms with Crippen molar-refractivity contribution < 1.29 is 13.3 Å². The molecule has 0 fully saturated rings. The lowest BCUT2D eigenvalue weighted by molar-refractivity contribution is -0.384. The molecule has 1 aliphatic rings. The molecule has 0 bridgehead atoms. The van der Waals surface area contributed by atoms with Crippen molar-refractivity contribution in [2.45, 2.75) is 50.6 Å². The first-order valence-corrected chi connectivity index (χ1v) is 11.6. The Morgan fingerprint density at radius 1 is 1.29 bits per heavy atom. The van der Waals surface area contributed by atoms with Gasteiger partial charge >= 0.3 is 0 Å². The van der Waals surface area contributed by atoms with Gasteiger partial charge in [-0.1, -0.05) is 31.5 Å². The van der Waals surface area contributed by atoms with Crippen LogP contribution in [0.25, 0.3) is 0 Å². The zero-order chi connectivity index (χ0) is 22.6. The van der Waals surface area contributed by atoms with E-state index in [9.17, 15) is 18.5 Å². The molecule has 1 heterocycles. The summed E-state index contributed by atoms with van der Waals surface area (Å²) < 4.78 is 24.7. The lowest BCUT2D eigenvalue weighted by Crippen LogP contribution is -2.38. The number of hydrazone groups is 1. The van der Waals surface area contributed by atoms with E-state index in [0.717, 1.165) is 36.2 Å². The van der Waals surface area contributed by atoms with Crippen LogP contribution >= 0.6 is 0 Å². The molecule has 0 aliphatic carbocycles. The lowest BCUT2D eigenvalue weighted by atomic mass is 9.95. The van der Waals surface area contributed by atoms with Gasteiger partial charge in [0, 0.05) is 30.4 Å². The maximum absolute atomic E-state index is 12.4. The first kappa shape index (κ1) is 22.7. The molecule has 0 saturated carbocycles. The monoisotopic (exact) mass is 445 g/mol. The number of benzene rings is 2. The summed E-state index contributed by atoms with van der Waals surface area (Å²) in [4.78, 5) is 13.3.